The quantitative estimate of drug-likeness (QED) is 0.846. The molecule has 0 aliphatic heterocycles. The summed E-state index contributed by atoms with van der Waals surface area (Å²) in [5, 5.41) is 0. The Bertz CT molecular complexity index is 430. The molecule has 0 atom stereocenters. The number of ether oxygens (including phenoxy) is 1. The standard InChI is InChI=1S/C12H15F3N2O/c1-18-11-5-8(16)4-10(6-11)17(9-2-3-9)7-12(13,14)15/h4-6,9H,2-3,7,16H2,1H3. The largest absolute Gasteiger partial charge is 0.497 e. The van der Waals surface area contributed by atoms with Gasteiger partial charge >= 0.3 is 6.18 Å². The Morgan fingerprint density at radius 3 is 2.50 bits per heavy atom. The van der Waals surface area contributed by atoms with Crippen LogP contribution in [0.3, 0.4) is 0 Å². The molecule has 0 spiro atoms. The van der Waals surface area contributed by atoms with E-state index in [1.54, 1.807) is 18.2 Å². The van der Waals surface area contributed by atoms with Crippen molar-refractivity contribution < 1.29 is 17.9 Å². The van der Waals surface area contributed by atoms with Crippen LogP contribution in [0.2, 0.25) is 0 Å². The minimum Gasteiger partial charge on any atom is -0.497 e. The van der Waals surface area contributed by atoms with Gasteiger partial charge in [0.25, 0.3) is 0 Å². The maximum atomic E-state index is 12.6. The molecule has 1 aliphatic carbocycles. The van der Waals surface area contributed by atoms with E-state index in [0.29, 0.717) is 17.1 Å². The van der Waals surface area contributed by atoms with Gasteiger partial charge in [-0.15, -0.1) is 0 Å². The zero-order valence-electron chi connectivity index (χ0n) is 10.00. The molecule has 1 aromatic carbocycles. The van der Waals surface area contributed by atoms with Crippen LogP contribution >= 0.6 is 0 Å². The Labute approximate surface area is 103 Å². The average molecular weight is 260 g/mol. The normalized spacial score (nSPS) is 15.6. The fourth-order valence-corrected chi connectivity index (χ4v) is 1.90. The number of nitrogens with zero attached hydrogens (tertiary/aromatic N) is 1. The van der Waals surface area contributed by atoms with E-state index in [2.05, 4.69) is 0 Å². The maximum Gasteiger partial charge on any atom is 0.405 e. The van der Waals surface area contributed by atoms with Gasteiger partial charge < -0.3 is 15.4 Å². The molecule has 0 heterocycles. The first kappa shape index (κ1) is 12.9. The Hall–Kier alpha value is -1.59. The van der Waals surface area contributed by atoms with Gasteiger partial charge in [0.1, 0.15) is 12.3 Å². The van der Waals surface area contributed by atoms with Crippen LogP contribution in [0.1, 0.15) is 12.8 Å². The van der Waals surface area contributed by atoms with Crippen molar-refractivity contribution in [3.8, 4) is 5.75 Å². The summed E-state index contributed by atoms with van der Waals surface area (Å²) in [6.45, 7) is -0.954. The van der Waals surface area contributed by atoms with Crippen LogP contribution in [0.4, 0.5) is 24.5 Å². The Morgan fingerprint density at radius 1 is 1.33 bits per heavy atom. The minimum absolute atomic E-state index is 0.0434. The second kappa shape index (κ2) is 4.59. The van der Waals surface area contributed by atoms with Gasteiger partial charge in [0.15, 0.2) is 0 Å². The van der Waals surface area contributed by atoms with Gasteiger partial charge in [-0.2, -0.15) is 13.2 Å². The van der Waals surface area contributed by atoms with Crippen molar-refractivity contribution >= 4 is 11.4 Å². The molecule has 3 nitrogen and oxygen atoms in total. The number of benzene rings is 1. The third-order valence-corrected chi connectivity index (χ3v) is 2.82. The summed E-state index contributed by atoms with van der Waals surface area (Å²) in [6, 6.07) is 4.67. The van der Waals surface area contributed by atoms with E-state index < -0.39 is 12.7 Å². The number of hydrogen-bond donors (Lipinski definition) is 1. The second-order valence-corrected chi connectivity index (χ2v) is 4.44. The number of halogens is 3. The van der Waals surface area contributed by atoms with Crippen molar-refractivity contribution in [1.82, 2.24) is 0 Å². The minimum atomic E-state index is -4.22. The number of nitrogens with two attached hydrogens (primary N) is 1. The smallest absolute Gasteiger partial charge is 0.405 e. The average Bonchev–Trinajstić information content (AvgIpc) is 3.07. The number of alkyl halides is 3. The lowest BCUT2D eigenvalue weighted by molar-refractivity contribution is -0.120. The van der Waals surface area contributed by atoms with E-state index in [1.165, 1.54) is 12.0 Å². The van der Waals surface area contributed by atoms with Crippen LogP contribution < -0.4 is 15.4 Å². The molecule has 1 saturated carbocycles. The third kappa shape index (κ3) is 3.21. The molecule has 18 heavy (non-hydrogen) atoms. The molecule has 0 radical (unpaired) electrons. The van der Waals surface area contributed by atoms with Gasteiger partial charge in [-0.1, -0.05) is 0 Å². The topological polar surface area (TPSA) is 38.5 Å². The van der Waals surface area contributed by atoms with E-state index in [4.69, 9.17) is 10.5 Å². The highest BCUT2D eigenvalue weighted by Gasteiger charge is 2.38. The predicted molar refractivity (Wildman–Crippen MR) is 63.8 cm³/mol. The molecule has 100 valence electrons. The van der Waals surface area contributed by atoms with Crippen LogP contribution in [0.15, 0.2) is 18.2 Å². The zero-order valence-corrected chi connectivity index (χ0v) is 10.00. The molecule has 0 bridgehead atoms. The molecular formula is C12H15F3N2O. The lowest BCUT2D eigenvalue weighted by atomic mass is 10.2. The van der Waals surface area contributed by atoms with Crippen LogP contribution in [-0.2, 0) is 0 Å². The number of anilines is 2. The van der Waals surface area contributed by atoms with Crippen molar-refractivity contribution in [2.45, 2.75) is 25.1 Å². The maximum absolute atomic E-state index is 12.6. The van der Waals surface area contributed by atoms with E-state index in [1.807, 2.05) is 0 Å². The first-order chi connectivity index (χ1) is 8.39. The Kier molecular flexibility index (Phi) is 3.28. The fourth-order valence-electron chi connectivity index (χ4n) is 1.90. The monoisotopic (exact) mass is 260 g/mol. The van der Waals surface area contributed by atoms with E-state index in [0.717, 1.165) is 12.8 Å². The molecule has 0 saturated heterocycles. The fraction of sp³-hybridized carbons (Fsp3) is 0.500. The van der Waals surface area contributed by atoms with Crippen LogP contribution in [0.25, 0.3) is 0 Å². The SMILES string of the molecule is COc1cc(N)cc(N(CC(F)(F)F)C2CC2)c1. The van der Waals surface area contributed by atoms with E-state index >= 15 is 0 Å². The number of nitrogen functional groups attached to an aromatic ring is 1. The highest BCUT2D eigenvalue weighted by Crippen LogP contribution is 2.36. The van der Waals surface area contributed by atoms with E-state index in [-0.39, 0.29) is 6.04 Å². The molecule has 1 aromatic rings. The van der Waals surface area contributed by atoms with Crippen molar-refractivity contribution in [2.24, 2.45) is 0 Å². The molecule has 1 aliphatic rings. The third-order valence-electron chi connectivity index (χ3n) is 2.82. The highest BCUT2D eigenvalue weighted by atomic mass is 19.4. The zero-order chi connectivity index (χ0) is 13.3. The summed E-state index contributed by atoms with van der Waals surface area (Å²) in [5.41, 5.74) is 6.53. The van der Waals surface area contributed by atoms with Gasteiger partial charge in [0.2, 0.25) is 0 Å². The first-order valence-electron chi connectivity index (χ1n) is 5.67. The predicted octanol–water partition coefficient (Wildman–Crippen LogP) is 2.81. The molecule has 1 fully saturated rings. The highest BCUT2D eigenvalue weighted by molar-refractivity contribution is 5.61. The molecule has 2 rings (SSSR count). The molecule has 0 unspecified atom stereocenters. The van der Waals surface area contributed by atoms with Crippen LogP contribution in [-0.4, -0.2) is 25.9 Å². The lowest BCUT2D eigenvalue weighted by Crippen LogP contribution is -2.36. The van der Waals surface area contributed by atoms with Crippen LogP contribution in [0.5, 0.6) is 5.75 Å². The van der Waals surface area contributed by atoms with Crippen molar-refractivity contribution in [1.29, 1.82) is 0 Å². The summed E-state index contributed by atoms with van der Waals surface area (Å²) in [5.74, 6) is 0.470. The molecule has 0 amide bonds. The van der Waals surface area contributed by atoms with E-state index in [9.17, 15) is 13.2 Å². The summed E-state index contributed by atoms with van der Waals surface area (Å²) in [4.78, 5) is 1.35. The van der Waals surface area contributed by atoms with Gasteiger partial charge in [-0.25, -0.2) is 0 Å². The molecule has 0 aromatic heterocycles. The van der Waals surface area contributed by atoms with Crippen molar-refractivity contribution in [2.75, 3.05) is 24.3 Å². The molecular weight excluding hydrogens is 245 g/mol. The Balaban J connectivity index is 2.27. The second-order valence-electron chi connectivity index (χ2n) is 4.44. The van der Waals surface area contributed by atoms with Gasteiger partial charge in [-0.3, -0.25) is 0 Å². The summed E-state index contributed by atoms with van der Waals surface area (Å²) in [7, 11) is 1.46. The number of methoxy groups -OCH3 is 1. The first-order valence-corrected chi connectivity index (χ1v) is 5.67. The van der Waals surface area contributed by atoms with Gasteiger partial charge in [-0.05, 0) is 18.9 Å². The van der Waals surface area contributed by atoms with Gasteiger partial charge in [0.05, 0.1) is 7.11 Å². The van der Waals surface area contributed by atoms with Crippen molar-refractivity contribution in [3.63, 3.8) is 0 Å². The van der Waals surface area contributed by atoms with Gasteiger partial charge in [0, 0.05) is 29.5 Å². The summed E-state index contributed by atoms with van der Waals surface area (Å²) < 4.78 is 42.7. The Morgan fingerprint density at radius 2 is 2.00 bits per heavy atom. The summed E-state index contributed by atoms with van der Waals surface area (Å²) in [6.07, 6.45) is -2.65. The molecule has 6 heteroatoms. The van der Waals surface area contributed by atoms with Crippen molar-refractivity contribution in [3.05, 3.63) is 18.2 Å². The lowest BCUT2D eigenvalue weighted by Gasteiger charge is -2.26. The number of rotatable bonds is 4. The summed E-state index contributed by atoms with van der Waals surface area (Å²) >= 11 is 0. The molecule has 2 N–H and O–H groups in total. The van der Waals surface area contributed by atoms with Crippen LogP contribution in [0, 0.1) is 0 Å². The number of hydrogen-bond acceptors (Lipinski definition) is 3.